The number of nitrogens with zero attached hydrogens (tertiary/aromatic N) is 2. The number of carbonyl (C=O) groups excluding carboxylic acids is 1. The van der Waals surface area contributed by atoms with Crippen molar-refractivity contribution in [3.63, 3.8) is 0 Å². The maximum Gasteiger partial charge on any atom is 0.267 e. The number of ether oxygens (including phenoxy) is 1. The van der Waals surface area contributed by atoms with Gasteiger partial charge >= 0.3 is 0 Å². The van der Waals surface area contributed by atoms with Gasteiger partial charge in [0, 0.05) is 18.7 Å². The molecule has 1 N–H and O–H groups in total. The van der Waals surface area contributed by atoms with E-state index in [0.717, 1.165) is 29.8 Å². The molecule has 1 amide bonds. The van der Waals surface area contributed by atoms with E-state index >= 15 is 0 Å². The number of nitrogens with one attached hydrogen (secondary N) is 1. The molecule has 0 spiro atoms. The number of methoxy groups -OCH3 is 1. The number of rotatable bonds is 6. The molecule has 0 unspecified atom stereocenters. The van der Waals surface area contributed by atoms with Gasteiger partial charge in [-0.2, -0.15) is 4.31 Å². The highest BCUT2D eigenvalue weighted by atomic mass is 32.2. The van der Waals surface area contributed by atoms with Crippen LogP contribution in [-0.4, -0.2) is 43.8 Å². The monoisotopic (exact) mass is 457 g/mol. The van der Waals surface area contributed by atoms with E-state index in [0.29, 0.717) is 29.4 Å². The molecule has 1 aromatic heterocycles. The Balaban J connectivity index is 1.58. The molecule has 162 valence electrons. The second-order valence-corrected chi connectivity index (χ2v) is 10.1. The van der Waals surface area contributed by atoms with E-state index in [1.807, 2.05) is 30.3 Å². The van der Waals surface area contributed by atoms with Crippen LogP contribution in [0.5, 0.6) is 5.75 Å². The normalized spacial score (nSPS) is 14.9. The Hall–Kier alpha value is -2.75. The van der Waals surface area contributed by atoms with Gasteiger partial charge in [-0.3, -0.25) is 4.79 Å². The van der Waals surface area contributed by atoms with Crippen molar-refractivity contribution in [1.29, 1.82) is 0 Å². The van der Waals surface area contributed by atoms with Gasteiger partial charge < -0.3 is 10.1 Å². The first-order chi connectivity index (χ1) is 15.0. The minimum absolute atomic E-state index is 0.139. The fourth-order valence-corrected chi connectivity index (χ4v) is 5.84. The summed E-state index contributed by atoms with van der Waals surface area (Å²) in [6.45, 7) is 1.03. The molecule has 0 radical (unpaired) electrons. The molecule has 1 aliphatic heterocycles. The lowest BCUT2D eigenvalue weighted by molar-refractivity contribution is 0.103. The summed E-state index contributed by atoms with van der Waals surface area (Å²) in [7, 11) is -2.15. The number of thiazole rings is 1. The van der Waals surface area contributed by atoms with E-state index in [9.17, 15) is 13.2 Å². The summed E-state index contributed by atoms with van der Waals surface area (Å²) in [4.78, 5) is 17.7. The number of aromatic nitrogens is 1. The number of benzene rings is 2. The van der Waals surface area contributed by atoms with Crippen LogP contribution >= 0.6 is 11.3 Å². The third-order valence-electron chi connectivity index (χ3n) is 5.12. The summed E-state index contributed by atoms with van der Waals surface area (Å²) in [5, 5.41) is 3.52. The first-order valence-corrected chi connectivity index (χ1v) is 12.3. The van der Waals surface area contributed by atoms with Crippen LogP contribution in [0.4, 0.5) is 5.69 Å². The number of hydrogen-bond acceptors (Lipinski definition) is 6. The van der Waals surface area contributed by atoms with Gasteiger partial charge in [0.1, 0.15) is 15.6 Å². The van der Waals surface area contributed by atoms with Crippen molar-refractivity contribution in [3.8, 4) is 16.3 Å². The zero-order valence-corrected chi connectivity index (χ0v) is 18.7. The van der Waals surface area contributed by atoms with Crippen molar-refractivity contribution >= 4 is 33.0 Å². The van der Waals surface area contributed by atoms with Gasteiger partial charge in [-0.25, -0.2) is 13.4 Å². The van der Waals surface area contributed by atoms with Crippen molar-refractivity contribution in [3.05, 3.63) is 59.6 Å². The number of piperidine rings is 1. The van der Waals surface area contributed by atoms with Crippen LogP contribution in [0.2, 0.25) is 0 Å². The smallest absolute Gasteiger partial charge is 0.267 e. The zero-order chi connectivity index (χ0) is 21.8. The lowest BCUT2D eigenvalue weighted by Crippen LogP contribution is -2.35. The summed E-state index contributed by atoms with van der Waals surface area (Å²) in [6, 6.07) is 14.1. The summed E-state index contributed by atoms with van der Waals surface area (Å²) in [5.74, 6) is 0.0178. The molecule has 2 heterocycles. The Bertz CT molecular complexity index is 1170. The minimum Gasteiger partial charge on any atom is -0.495 e. The van der Waals surface area contributed by atoms with Gasteiger partial charge in [0.05, 0.1) is 23.9 Å². The van der Waals surface area contributed by atoms with Crippen molar-refractivity contribution < 1.29 is 17.9 Å². The Morgan fingerprint density at radius 1 is 1.10 bits per heavy atom. The molecule has 0 atom stereocenters. The Morgan fingerprint density at radius 3 is 2.55 bits per heavy atom. The number of hydrogen-bond donors (Lipinski definition) is 1. The Labute approximate surface area is 185 Å². The van der Waals surface area contributed by atoms with Gasteiger partial charge in [0.15, 0.2) is 0 Å². The predicted molar refractivity (Wildman–Crippen MR) is 121 cm³/mol. The first kappa shape index (κ1) is 21.5. The van der Waals surface area contributed by atoms with Crippen LogP contribution in [-0.2, 0) is 10.0 Å². The van der Waals surface area contributed by atoms with Gasteiger partial charge in [-0.05, 0) is 31.0 Å². The Morgan fingerprint density at radius 2 is 1.84 bits per heavy atom. The number of amides is 1. The molecule has 1 saturated heterocycles. The van der Waals surface area contributed by atoms with E-state index in [4.69, 9.17) is 4.74 Å². The van der Waals surface area contributed by atoms with E-state index in [-0.39, 0.29) is 10.8 Å². The molecule has 1 aliphatic rings. The lowest BCUT2D eigenvalue weighted by atomic mass is 10.2. The molecule has 2 aromatic carbocycles. The highest BCUT2D eigenvalue weighted by Gasteiger charge is 2.27. The van der Waals surface area contributed by atoms with Crippen molar-refractivity contribution in [1.82, 2.24) is 9.29 Å². The van der Waals surface area contributed by atoms with Crippen molar-refractivity contribution in [2.75, 3.05) is 25.5 Å². The number of sulfonamides is 1. The second-order valence-electron chi connectivity index (χ2n) is 7.18. The number of anilines is 1. The van der Waals surface area contributed by atoms with Crippen molar-refractivity contribution in [2.45, 2.75) is 24.2 Å². The quantitative estimate of drug-likeness (QED) is 0.598. The largest absolute Gasteiger partial charge is 0.495 e. The lowest BCUT2D eigenvalue weighted by Gasteiger charge is -2.26. The molecule has 9 heteroatoms. The molecule has 0 saturated carbocycles. The zero-order valence-electron chi connectivity index (χ0n) is 17.1. The van der Waals surface area contributed by atoms with Gasteiger partial charge in [-0.1, -0.05) is 36.8 Å². The van der Waals surface area contributed by atoms with Gasteiger partial charge in [0.2, 0.25) is 10.0 Å². The van der Waals surface area contributed by atoms with Crippen LogP contribution in [0.1, 0.15) is 28.9 Å². The SMILES string of the molecule is COc1ccc(S(=O)(=O)N2CCCCC2)cc1NC(=O)c1cnc(-c2ccccc2)s1. The number of carbonyl (C=O) groups is 1. The molecule has 31 heavy (non-hydrogen) atoms. The van der Waals surface area contributed by atoms with Crippen LogP contribution in [0.25, 0.3) is 10.6 Å². The molecule has 0 aliphatic carbocycles. The minimum atomic E-state index is -3.63. The van der Waals surface area contributed by atoms with E-state index < -0.39 is 10.0 Å². The van der Waals surface area contributed by atoms with Crippen LogP contribution in [0, 0.1) is 0 Å². The third-order valence-corrected chi connectivity index (χ3v) is 8.06. The molecule has 0 bridgehead atoms. The molecule has 7 nitrogen and oxygen atoms in total. The van der Waals surface area contributed by atoms with Crippen LogP contribution in [0.15, 0.2) is 59.6 Å². The van der Waals surface area contributed by atoms with Gasteiger partial charge in [0.25, 0.3) is 5.91 Å². The average Bonchev–Trinajstić information content (AvgIpc) is 3.31. The summed E-state index contributed by atoms with van der Waals surface area (Å²) < 4.78 is 32.9. The van der Waals surface area contributed by atoms with Crippen LogP contribution < -0.4 is 10.1 Å². The summed E-state index contributed by atoms with van der Waals surface area (Å²) in [6.07, 6.45) is 4.26. The van der Waals surface area contributed by atoms with Gasteiger partial charge in [-0.15, -0.1) is 11.3 Å². The summed E-state index contributed by atoms with van der Waals surface area (Å²) >= 11 is 1.27. The predicted octanol–water partition coefficient (Wildman–Crippen LogP) is 4.25. The fraction of sp³-hybridized carbons (Fsp3) is 0.273. The second kappa shape index (κ2) is 9.17. The highest BCUT2D eigenvalue weighted by molar-refractivity contribution is 7.89. The van der Waals surface area contributed by atoms with E-state index in [2.05, 4.69) is 10.3 Å². The van der Waals surface area contributed by atoms with E-state index in [1.54, 1.807) is 6.07 Å². The van der Waals surface area contributed by atoms with Crippen molar-refractivity contribution in [2.24, 2.45) is 0 Å². The molecule has 1 fully saturated rings. The summed E-state index contributed by atoms with van der Waals surface area (Å²) in [5.41, 5.74) is 1.24. The first-order valence-electron chi connectivity index (χ1n) is 10.00. The maximum absolute atomic E-state index is 13.0. The maximum atomic E-state index is 13.0. The highest BCUT2D eigenvalue weighted by Crippen LogP contribution is 2.31. The average molecular weight is 458 g/mol. The fourth-order valence-electron chi connectivity index (χ4n) is 3.48. The molecular formula is C22H23N3O4S2. The Kier molecular flexibility index (Phi) is 6.35. The molecular weight excluding hydrogens is 434 g/mol. The molecule has 3 aromatic rings. The third kappa shape index (κ3) is 4.63. The topological polar surface area (TPSA) is 88.6 Å². The standard InChI is InChI=1S/C22H23N3O4S2/c1-29-19-11-10-17(31(27,28)25-12-6-3-7-13-25)14-18(19)24-21(26)20-15-23-22(30-20)16-8-4-2-5-9-16/h2,4-5,8-11,14-15H,3,6-7,12-13H2,1H3,(H,24,26). The van der Waals surface area contributed by atoms with E-state index in [1.165, 1.54) is 41.1 Å². The van der Waals surface area contributed by atoms with Crippen LogP contribution in [0.3, 0.4) is 0 Å². The molecule has 4 rings (SSSR count).